The molecule has 0 saturated carbocycles. The Morgan fingerprint density at radius 1 is 1.46 bits per heavy atom. The van der Waals surface area contributed by atoms with Gasteiger partial charge in [-0.05, 0) is 25.0 Å². The monoisotopic (exact) mass is 177 g/mol. The molecule has 0 bridgehead atoms. The summed E-state index contributed by atoms with van der Waals surface area (Å²) in [5, 5.41) is 0. The highest BCUT2D eigenvalue weighted by atomic mass is 16.5. The fourth-order valence-corrected chi connectivity index (χ4v) is 1.73. The second kappa shape index (κ2) is 3.13. The standard InChI is InChI=1S/C11H15NO/c1-7-3-4-9-6-13-8(2)11(12)10(9)5-7/h3-5,8,11H,6,12H2,1-2H3. The van der Waals surface area contributed by atoms with Crippen molar-refractivity contribution in [2.24, 2.45) is 5.73 Å². The smallest absolute Gasteiger partial charge is 0.0744 e. The highest BCUT2D eigenvalue weighted by Gasteiger charge is 2.23. The van der Waals surface area contributed by atoms with Crippen LogP contribution >= 0.6 is 0 Å². The molecule has 1 aromatic carbocycles. The van der Waals surface area contributed by atoms with Gasteiger partial charge in [-0.15, -0.1) is 0 Å². The van der Waals surface area contributed by atoms with Gasteiger partial charge in [0.1, 0.15) is 0 Å². The third-order valence-electron chi connectivity index (χ3n) is 2.67. The number of nitrogens with two attached hydrogens (primary N) is 1. The molecule has 0 fully saturated rings. The van der Waals surface area contributed by atoms with Crippen LogP contribution < -0.4 is 5.73 Å². The van der Waals surface area contributed by atoms with Gasteiger partial charge in [-0.3, -0.25) is 0 Å². The lowest BCUT2D eigenvalue weighted by Crippen LogP contribution is -2.31. The van der Waals surface area contributed by atoms with Gasteiger partial charge in [0.05, 0.1) is 18.8 Å². The van der Waals surface area contributed by atoms with E-state index in [-0.39, 0.29) is 12.1 Å². The van der Waals surface area contributed by atoms with Crippen molar-refractivity contribution < 1.29 is 4.74 Å². The molecule has 1 aliphatic rings. The van der Waals surface area contributed by atoms with Crippen molar-refractivity contribution in [1.82, 2.24) is 0 Å². The van der Waals surface area contributed by atoms with Crippen LogP contribution in [-0.4, -0.2) is 6.10 Å². The summed E-state index contributed by atoms with van der Waals surface area (Å²) in [6, 6.07) is 6.41. The third-order valence-corrected chi connectivity index (χ3v) is 2.67. The van der Waals surface area contributed by atoms with Crippen molar-refractivity contribution in [2.75, 3.05) is 0 Å². The molecule has 0 amide bonds. The Bertz CT molecular complexity index is 322. The predicted molar refractivity (Wildman–Crippen MR) is 52.4 cm³/mol. The van der Waals surface area contributed by atoms with Gasteiger partial charge in [0.2, 0.25) is 0 Å². The second-order valence-electron chi connectivity index (χ2n) is 3.74. The van der Waals surface area contributed by atoms with E-state index in [1.165, 1.54) is 16.7 Å². The van der Waals surface area contributed by atoms with Crippen LogP contribution in [0, 0.1) is 6.92 Å². The van der Waals surface area contributed by atoms with Crippen LogP contribution in [0.5, 0.6) is 0 Å². The molecule has 2 N–H and O–H groups in total. The Balaban J connectivity index is 2.45. The number of fused-ring (bicyclic) bond motifs is 1. The molecular formula is C11H15NO. The SMILES string of the molecule is Cc1ccc2c(c1)C(N)C(C)OC2. The maximum absolute atomic E-state index is 6.03. The van der Waals surface area contributed by atoms with E-state index in [0.29, 0.717) is 6.61 Å². The first-order valence-corrected chi connectivity index (χ1v) is 4.65. The van der Waals surface area contributed by atoms with E-state index in [1.54, 1.807) is 0 Å². The fraction of sp³-hybridized carbons (Fsp3) is 0.455. The van der Waals surface area contributed by atoms with Crippen molar-refractivity contribution in [3.63, 3.8) is 0 Å². The first-order valence-electron chi connectivity index (χ1n) is 4.65. The van der Waals surface area contributed by atoms with E-state index in [4.69, 9.17) is 10.5 Å². The summed E-state index contributed by atoms with van der Waals surface area (Å²) in [7, 11) is 0. The Kier molecular flexibility index (Phi) is 2.10. The molecule has 1 aliphatic heterocycles. The maximum Gasteiger partial charge on any atom is 0.0744 e. The average Bonchev–Trinajstić information content (AvgIpc) is 2.12. The summed E-state index contributed by atoms with van der Waals surface area (Å²) >= 11 is 0. The number of ether oxygens (including phenoxy) is 1. The predicted octanol–water partition coefficient (Wildman–Crippen LogP) is 1.91. The largest absolute Gasteiger partial charge is 0.372 e. The molecule has 0 saturated heterocycles. The van der Waals surface area contributed by atoms with E-state index < -0.39 is 0 Å². The zero-order valence-corrected chi connectivity index (χ0v) is 8.08. The number of benzene rings is 1. The van der Waals surface area contributed by atoms with Crippen LogP contribution in [-0.2, 0) is 11.3 Å². The molecule has 70 valence electrons. The van der Waals surface area contributed by atoms with Crippen molar-refractivity contribution >= 4 is 0 Å². The Morgan fingerprint density at radius 3 is 3.00 bits per heavy atom. The van der Waals surface area contributed by atoms with Crippen LogP contribution in [0.4, 0.5) is 0 Å². The van der Waals surface area contributed by atoms with E-state index >= 15 is 0 Å². The topological polar surface area (TPSA) is 35.2 Å². The van der Waals surface area contributed by atoms with Gasteiger partial charge >= 0.3 is 0 Å². The summed E-state index contributed by atoms with van der Waals surface area (Å²) in [6.07, 6.45) is 0.134. The lowest BCUT2D eigenvalue weighted by atomic mass is 9.94. The van der Waals surface area contributed by atoms with Gasteiger partial charge in [-0.25, -0.2) is 0 Å². The third kappa shape index (κ3) is 1.47. The van der Waals surface area contributed by atoms with Crippen LogP contribution in [0.25, 0.3) is 0 Å². The maximum atomic E-state index is 6.03. The van der Waals surface area contributed by atoms with Gasteiger partial charge in [0.25, 0.3) is 0 Å². The minimum Gasteiger partial charge on any atom is -0.372 e. The molecule has 0 aliphatic carbocycles. The first kappa shape index (κ1) is 8.73. The quantitative estimate of drug-likeness (QED) is 0.657. The zero-order valence-electron chi connectivity index (χ0n) is 8.08. The molecular weight excluding hydrogens is 162 g/mol. The van der Waals surface area contributed by atoms with Gasteiger partial charge in [0.15, 0.2) is 0 Å². The summed E-state index contributed by atoms with van der Waals surface area (Å²) in [5.41, 5.74) is 9.78. The normalized spacial score (nSPS) is 27.0. The highest BCUT2D eigenvalue weighted by molar-refractivity contribution is 5.35. The van der Waals surface area contributed by atoms with Gasteiger partial charge in [-0.1, -0.05) is 23.8 Å². The number of rotatable bonds is 0. The Labute approximate surface area is 78.7 Å². The van der Waals surface area contributed by atoms with Crippen LogP contribution in [0.1, 0.15) is 29.7 Å². The average molecular weight is 177 g/mol. The van der Waals surface area contributed by atoms with Crippen molar-refractivity contribution in [2.45, 2.75) is 32.6 Å². The molecule has 0 aromatic heterocycles. The van der Waals surface area contributed by atoms with Crippen molar-refractivity contribution in [3.05, 3.63) is 34.9 Å². The molecule has 0 spiro atoms. The van der Waals surface area contributed by atoms with E-state index in [0.717, 1.165) is 0 Å². The molecule has 1 aromatic rings. The molecule has 1 heterocycles. The lowest BCUT2D eigenvalue weighted by Gasteiger charge is -2.29. The van der Waals surface area contributed by atoms with E-state index in [9.17, 15) is 0 Å². The van der Waals surface area contributed by atoms with Crippen molar-refractivity contribution in [3.8, 4) is 0 Å². The van der Waals surface area contributed by atoms with Gasteiger partial charge in [-0.2, -0.15) is 0 Å². The summed E-state index contributed by atoms with van der Waals surface area (Å²) in [6.45, 7) is 4.81. The summed E-state index contributed by atoms with van der Waals surface area (Å²) < 4.78 is 5.53. The molecule has 13 heavy (non-hydrogen) atoms. The van der Waals surface area contributed by atoms with Crippen LogP contribution in [0.2, 0.25) is 0 Å². The molecule has 2 unspecified atom stereocenters. The van der Waals surface area contributed by atoms with Gasteiger partial charge < -0.3 is 10.5 Å². The second-order valence-corrected chi connectivity index (χ2v) is 3.74. The lowest BCUT2D eigenvalue weighted by molar-refractivity contribution is 0.0213. The Morgan fingerprint density at radius 2 is 2.23 bits per heavy atom. The zero-order chi connectivity index (χ0) is 9.42. The highest BCUT2D eigenvalue weighted by Crippen LogP contribution is 2.27. The molecule has 2 heteroatoms. The van der Waals surface area contributed by atoms with Crippen molar-refractivity contribution in [1.29, 1.82) is 0 Å². The Hall–Kier alpha value is -0.860. The van der Waals surface area contributed by atoms with Crippen LogP contribution in [0.15, 0.2) is 18.2 Å². The summed E-state index contributed by atoms with van der Waals surface area (Å²) in [5.74, 6) is 0. The molecule has 2 rings (SSSR count). The number of hydrogen-bond acceptors (Lipinski definition) is 2. The molecule has 2 atom stereocenters. The number of hydrogen-bond donors (Lipinski definition) is 1. The molecule has 0 radical (unpaired) electrons. The van der Waals surface area contributed by atoms with Crippen LogP contribution in [0.3, 0.4) is 0 Å². The van der Waals surface area contributed by atoms with E-state index in [2.05, 4.69) is 25.1 Å². The number of aryl methyl sites for hydroxylation is 1. The van der Waals surface area contributed by atoms with E-state index in [1.807, 2.05) is 6.92 Å². The van der Waals surface area contributed by atoms with Gasteiger partial charge in [0, 0.05) is 0 Å². The fourth-order valence-electron chi connectivity index (χ4n) is 1.73. The molecule has 2 nitrogen and oxygen atoms in total. The first-order chi connectivity index (χ1) is 6.18. The minimum atomic E-state index is 0.0312. The summed E-state index contributed by atoms with van der Waals surface area (Å²) in [4.78, 5) is 0. The minimum absolute atomic E-state index is 0.0312.